The molecular weight excluding hydrogens is 526 g/mol. The number of carbonyl (C=O) groups excluding carboxylic acids is 1. The SMILES string of the molecule is CCOC(=O)CCn1c(=O)nc(Nc2ccc(Oc3ccc(OC)nc3)cc2)n(Cc2ccc(Cl)cc2)c1=O. The molecule has 4 rings (SSSR count). The summed E-state index contributed by atoms with van der Waals surface area (Å²) in [5, 5.41) is 3.59. The van der Waals surface area contributed by atoms with Crippen LogP contribution in [0, 0.1) is 0 Å². The highest BCUT2D eigenvalue weighted by molar-refractivity contribution is 6.30. The number of pyridine rings is 1. The molecule has 0 fully saturated rings. The van der Waals surface area contributed by atoms with Crippen LogP contribution in [-0.4, -0.2) is 38.8 Å². The van der Waals surface area contributed by atoms with E-state index >= 15 is 0 Å². The van der Waals surface area contributed by atoms with Gasteiger partial charge in [-0.25, -0.2) is 19.1 Å². The van der Waals surface area contributed by atoms with Crippen molar-refractivity contribution in [2.45, 2.75) is 26.4 Å². The van der Waals surface area contributed by atoms with E-state index in [9.17, 15) is 14.4 Å². The summed E-state index contributed by atoms with van der Waals surface area (Å²) in [4.78, 5) is 46.2. The largest absolute Gasteiger partial charge is 0.481 e. The predicted molar refractivity (Wildman–Crippen MR) is 145 cm³/mol. The minimum atomic E-state index is -0.786. The van der Waals surface area contributed by atoms with E-state index in [0.717, 1.165) is 10.1 Å². The molecule has 0 aliphatic carbocycles. The van der Waals surface area contributed by atoms with E-state index in [4.69, 9.17) is 25.8 Å². The number of carbonyl (C=O) groups is 1. The van der Waals surface area contributed by atoms with Crippen LogP contribution in [0.4, 0.5) is 11.6 Å². The van der Waals surface area contributed by atoms with E-state index in [1.807, 2.05) is 0 Å². The lowest BCUT2D eigenvalue weighted by molar-refractivity contribution is -0.143. The maximum atomic E-state index is 13.4. The Hall–Kier alpha value is -4.64. The summed E-state index contributed by atoms with van der Waals surface area (Å²) in [6, 6.07) is 17.2. The Labute approximate surface area is 228 Å². The van der Waals surface area contributed by atoms with Crippen molar-refractivity contribution in [3.8, 4) is 17.4 Å². The molecule has 11 nitrogen and oxygen atoms in total. The molecule has 4 aromatic rings. The van der Waals surface area contributed by atoms with Crippen LogP contribution in [0.2, 0.25) is 5.02 Å². The number of hydrogen-bond acceptors (Lipinski definition) is 9. The van der Waals surface area contributed by atoms with Crippen molar-refractivity contribution in [2.75, 3.05) is 19.0 Å². The number of anilines is 2. The minimum absolute atomic E-state index is 0.0420. The summed E-state index contributed by atoms with van der Waals surface area (Å²) < 4.78 is 18.0. The van der Waals surface area contributed by atoms with Gasteiger partial charge in [0, 0.05) is 23.3 Å². The molecule has 2 heterocycles. The lowest BCUT2D eigenvalue weighted by atomic mass is 10.2. The zero-order valence-corrected chi connectivity index (χ0v) is 22.1. The van der Waals surface area contributed by atoms with Crippen molar-refractivity contribution in [1.82, 2.24) is 19.1 Å². The van der Waals surface area contributed by atoms with Crippen LogP contribution in [0.15, 0.2) is 76.4 Å². The quantitative estimate of drug-likeness (QED) is 0.275. The molecule has 0 spiro atoms. The molecule has 0 aliphatic heterocycles. The number of hydrogen-bond donors (Lipinski definition) is 1. The normalized spacial score (nSPS) is 10.6. The number of ether oxygens (including phenoxy) is 3. The van der Waals surface area contributed by atoms with Crippen molar-refractivity contribution in [3.05, 3.63) is 98.4 Å². The Bertz CT molecular complexity index is 1530. The smallest absolute Gasteiger partial charge is 0.354 e. The second-order valence-electron chi connectivity index (χ2n) is 8.21. The highest BCUT2D eigenvalue weighted by atomic mass is 35.5. The van der Waals surface area contributed by atoms with E-state index in [1.165, 1.54) is 11.7 Å². The molecule has 0 aliphatic rings. The Morgan fingerprint density at radius 1 is 0.974 bits per heavy atom. The van der Waals surface area contributed by atoms with Gasteiger partial charge in [0.2, 0.25) is 11.8 Å². The molecule has 1 N–H and O–H groups in total. The van der Waals surface area contributed by atoms with E-state index in [0.29, 0.717) is 28.1 Å². The fourth-order valence-corrected chi connectivity index (χ4v) is 3.71. The van der Waals surface area contributed by atoms with Crippen LogP contribution in [0.3, 0.4) is 0 Å². The van der Waals surface area contributed by atoms with Gasteiger partial charge in [0.15, 0.2) is 0 Å². The number of methoxy groups -OCH3 is 1. The summed E-state index contributed by atoms with van der Waals surface area (Å²) in [5.74, 6) is 1.08. The van der Waals surface area contributed by atoms with Gasteiger partial charge >= 0.3 is 17.3 Å². The topological polar surface area (TPSA) is 127 Å². The first-order valence-corrected chi connectivity index (χ1v) is 12.4. The molecule has 0 amide bonds. The molecule has 0 radical (unpaired) electrons. The third kappa shape index (κ3) is 7.23. The lowest BCUT2D eigenvalue weighted by Gasteiger charge is -2.16. The molecular formula is C27H26ClN5O6. The first-order chi connectivity index (χ1) is 18.9. The number of nitrogens with zero attached hydrogens (tertiary/aromatic N) is 4. The molecule has 202 valence electrons. The van der Waals surface area contributed by atoms with Crippen LogP contribution < -0.4 is 26.2 Å². The molecule has 39 heavy (non-hydrogen) atoms. The molecule has 0 unspecified atom stereocenters. The molecule has 2 aromatic carbocycles. The van der Waals surface area contributed by atoms with Crippen LogP contribution >= 0.6 is 11.6 Å². The molecule has 12 heteroatoms. The third-order valence-electron chi connectivity index (χ3n) is 5.51. The predicted octanol–water partition coefficient (Wildman–Crippen LogP) is 4.00. The van der Waals surface area contributed by atoms with Crippen LogP contribution in [0.25, 0.3) is 0 Å². The summed E-state index contributed by atoms with van der Waals surface area (Å²) >= 11 is 6.00. The molecule has 0 atom stereocenters. The molecule has 2 aromatic heterocycles. The van der Waals surface area contributed by atoms with Gasteiger partial charge in [0.1, 0.15) is 11.5 Å². The number of benzene rings is 2. The van der Waals surface area contributed by atoms with Crippen molar-refractivity contribution < 1.29 is 19.0 Å². The molecule has 0 bridgehead atoms. The summed E-state index contributed by atoms with van der Waals surface area (Å²) in [6.07, 6.45) is 1.41. The van der Waals surface area contributed by atoms with Gasteiger partial charge in [-0.1, -0.05) is 23.7 Å². The fraction of sp³-hybridized carbons (Fsp3) is 0.222. The van der Waals surface area contributed by atoms with Gasteiger partial charge in [0.25, 0.3) is 0 Å². The highest BCUT2D eigenvalue weighted by Crippen LogP contribution is 2.24. The molecule has 0 saturated carbocycles. The summed E-state index contributed by atoms with van der Waals surface area (Å²) in [6.45, 7) is 1.84. The average Bonchev–Trinajstić information content (AvgIpc) is 2.93. The number of aromatic nitrogens is 4. The lowest BCUT2D eigenvalue weighted by Crippen LogP contribution is -2.43. The highest BCUT2D eigenvalue weighted by Gasteiger charge is 2.16. The number of nitrogens with one attached hydrogen (secondary N) is 1. The number of esters is 1. The van der Waals surface area contributed by atoms with Crippen molar-refractivity contribution in [3.63, 3.8) is 0 Å². The molecule has 0 saturated heterocycles. The first-order valence-electron chi connectivity index (χ1n) is 12.0. The van der Waals surface area contributed by atoms with Gasteiger partial charge in [-0.2, -0.15) is 4.98 Å². The second-order valence-corrected chi connectivity index (χ2v) is 8.64. The maximum absolute atomic E-state index is 13.4. The van der Waals surface area contributed by atoms with E-state index in [1.54, 1.807) is 73.8 Å². The van der Waals surface area contributed by atoms with Gasteiger partial charge in [-0.3, -0.25) is 9.36 Å². The fourth-order valence-electron chi connectivity index (χ4n) is 3.59. The van der Waals surface area contributed by atoms with E-state index in [-0.39, 0.29) is 32.1 Å². The minimum Gasteiger partial charge on any atom is -0.481 e. The van der Waals surface area contributed by atoms with Gasteiger partial charge < -0.3 is 19.5 Å². The standard InChI is InChI=1S/C27H26ClN5O6/c1-3-38-24(34)14-15-32-26(35)31-25(33(27(32)36)17-18-4-6-19(28)7-5-18)30-20-8-10-21(11-9-20)39-22-12-13-23(37-2)29-16-22/h4-13,16H,3,14-15,17H2,1-2H3,(H,30,31,35). The average molecular weight is 552 g/mol. The van der Waals surface area contributed by atoms with Crippen molar-refractivity contribution >= 4 is 29.2 Å². The second kappa shape index (κ2) is 12.7. The third-order valence-corrected chi connectivity index (χ3v) is 5.77. The Kier molecular flexibility index (Phi) is 8.95. The van der Waals surface area contributed by atoms with Crippen molar-refractivity contribution in [2.24, 2.45) is 0 Å². The Balaban J connectivity index is 1.60. The Morgan fingerprint density at radius 2 is 1.69 bits per heavy atom. The monoisotopic (exact) mass is 551 g/mol. The Morgan fingerprint density at radius 3 is 2.33 bits per heavy atom. The number of halogens is 1. The van der Waals surface area contributed by atoms with Gasteiger partial charge in [-0.05, 0) is 55.0 Å². The summed E-state index contributed by atoms with van der Waals surface area (Å²) in [5.41, 5.74) is -0.0794. The zero-order chi connectivity index (χ0) is 27.8. The van der Waals surface area contributed by atoms with E-state index in [2.05, 4.69) is 15.3 Å². The summed E-state index contributed by atoms with van der Waals surface area (Å²) in [7, 11) is 1.53. The van der Waals surface area contributed by atoms with Gasteiger partial charge in [-0.15, -0.1) is 0 Å². The van der Waals surface area contributed by atoms with Crippen LogP contribution in [0.1, 0.15) is 18.9 Å². The first kappa shape index (κ1) is 27.4. The van der Waals surface area contributed by atoms with Crippen LogP contribution in [-0.2, 0) is 22.6 Å². The van der Waals surface area contributed by atoms with Gasteiger partial charge in [0.05, 0.1) is 32.9 Å². The zero-order valence-electron chi connectivity index (χ0n) is 21.3. The van der Waals surface area contributed by atoms with E-state index < -0.39 is 17.3 Å². The van der Waals surface area contributed by atoms with Crippen molar-refractivity contribution in [1.29, 1.82) is 0 Å². The maximum Gasteiger partial charge on any atom is 0.354 e. The van der Waals surface area contributed by atoms with Crippen LogP contribution in [0.5, 0.6) is 17.4 Å². The number of rotatable bonds is 11.